The van der Waals surface area contributed by atoms with Gasteiger partial charge >= 0.3 is 0 Å². The van der Waals surface area contributed by atoms with Crippen LogP contribution in [0.25, 0.3) is 0 Å². The second-order valence-electron chi connectivity index (χ2n) is 6.63. The number of nitrogens with zero attached hydrogens (tertiary/aromatic N) is 3. The molecule has 2 aliphatic rings. The van der Waals surface area contributed by atoms with Crippen molar-refractivity contribution in [2.45, 2.75) is 18.7 Å². The summed E-state index contributed by atoms with van der Waals surface area (Å²) in [5.74, 6) is 1.06. The monoisotopic (exact) mass is 377 g/mol. The number of ether oxygens (including phenoxy) is 1. The van der Waals surface area contributed by atoms with Gasteiger partial charge in [0.25, 0.3) is 0 Å². The van der Waals surface area contributed by atoms with Crippen LogP contribution in [-0.4, -0.2) is 20.8 Å². The molecule has 134 valence electrons. The zero-order chi connectivity index (χ0) is 18.4. The molecule has 1 aromatic heterocycles. The Labute approximate surface area is 161 Å². The summed E-state index contributed by atoms with van der Waals surface area (Å²) < 4.78 is 6.28. The van der Waals surface area contributed by atoms with Crippen molar-refractivity contribution >= 4 is 17.3 Å². The Balaban J connectivity index is 1.60. The van der Waals surface area contributed by atoms with Gasteiger partial charge in [-0.05, 0) is 60.2 Å². The summed E-state index contributed by atoms with van der Waals surface area (Å²) >= 11 is 6.24. The molecule has 0 saturated heterocycles. The largest absolute Gasteiger partial charge is 0.508 e. The Hall–Kier alpha value is -3.05. The second-order valence-corrected chi connectivity index (χ2v) is 7.06. The molecule has 6 heteroatoms. The van der Waals surface area contributed by atoms with Crippen LogP contribution in [0.1, 0.15) is 35.4 Å². The number of hydrazone groups is 1. The van der Waals surface area contributed by atoms with E-state index in [1.165, 1.54) is 0 Å². The Bertz CT molecular complexity index is 1020. The lowest BCUT2D eigenvalue weighted by atomic mass is 9.96. The molecule has 0 spiro atoms. The van der Waals surface area contributed by atoms with Crippen molar-refractivity contribution in [2.75, 3.05) is 0 Å². The van der Waals surface area contributed by atoms with Gasteiger partial charge in [0.1, 0.15) is 11.5 Å². The van der Waals surface area contributed by atoms with Gasteiger partial charge in [0.2, 0.25) is 6.23 Å². The highest BCUT2D eigenvalue weighted by Gasteiger charge is 2.41. The number of rotatable bonds is 2. The van der Waals surface area contributed by atoms with Crippen LogP contribution < -0.4 is 4.74 Å². The van der Waals surface area contributed by atoms with Crippen molar-refractivity contribution in [1.29, 1.82) is 0 Å². The molecule has 3 aromatic rings. The van der Waals surface area contributed by atoms with Crippen molar-refractivity contribution in [2.24, 2.45) is 5.10 Å². The number of hydrogen-bond acceptors (Lipinski definition) is 5. The van der Waals surface area contributed by atoms with Crippen molar-refractivity contribution in [3.05, 3.63) is 88.7 Å². The molecule has 3 heterocycles. The molecule has 0 unspecified atom stereocenters. The molecule has 0 aliphatic carbocycles. The molecule has 2 atom stereocenters. The zero-order valence-electron chi connectivity index (χ0n) is 14.3. The van der Waals surface area contributed by atoms with E-state index in [0.29, 0.717) is 5.02 Å². The van der Waals surface area contributed by atoms with E-state index in [9.17, 15) is 5.11 Å². The topological polar surface area (TPSA) is 58.0 Å². The quantitative estimate of drug-likeness (QED) is 0.704. The van der Waals surface area contributed by atoms with Gasteiger partial charge in [-0.25, -0.2) is 5.01 Å². The van der Waals surface area contributed by atoms with E-state index in [2.05, 4.69) is 4.98 Å². The van der Waals surface area contributed by atoms with Gasteiger partial charge in [0.15, 0.2) is 0 Å². The number of fused-ring (bicyclic) bond motifs is 3. The smallest absolute Gasteiger partial charge is 0.213 e. The Morgan fingerprint density at radius 2 is 1.81 bits per heavy atom. The number of phenolic OH excluding ortho intramolecular Hbond substituents is 1. The average Bonchev–Trinajstić information content (AvgIpc) is 3.14. The number of halogens is 1. The van der Waals surface area contributed by atoms with Gasteiger partial charge in [-0.3, -0.25) is 4.98 Å². The third-order valence-corrected chi connectivity index (χ3v) is 5.18. The van der Waals surface area contributed by atoms with E-state index in [1.807, 2.05) is 47.5 Å². The molecular weight excluding hydrogens is 362 g/mol. The maximum atomic E-state index is 9.57. The molecule has 0 amide bonds. The van der Waals surface area contributed by atoms with Crippen LogP contribution in [0.5, 0.6) is 11.5 Å². The molecular formula is C21H16ClN3O2. The van der Waals surface area contributed by atoms with Crippen LogP contribution in [0.3, 0.4) is 0 Å². The predicted molar refractivity (Wildman–Crippen MR) is 103 cm³/mol. The molecule has 0 saturated carbocycles. The van der Waals surface area contributed by atoms with Crippen molar-refractivity contribution < 1.29 is 9.84 Å². The van der Waals surface area contributed by atoms with Crippen molar-refractivity contribution in [3.8, 4) is 11.5 Å². The Morgan fingerprint density at radius 1 is 1.04 bits per heavy atom. The minimum atomic E-state index is -0.332. The van der Waals surface area contributed by atoms with Gasteiger partial charge in [0, 0.05) is 35.0 Å². The van der Waals surface area contributed by atoms with Crippen LogP contribution in [-0.2, 0) is 0 Å². The number of aromatic hydroxyl groups is 1. The second kappa shape index (κ2) is 6.28. The van der Waals surface area contributed by atoms with Crippen LogP contribution >= 0.6 is 11.6 Å². The number of pyridine rings is 1. The highest BCUT2D eigenvalue weighted by Crippen LogP contribution is 2.48. The number of benzene rings is 2. The predicted octanol–water partition coefficient (Wildman–Crippen LogP) is 4.68. The SMILES string of the molecule is Oc1ccc(C2=NN3[C@@H](C2)c2cc(Cl)ccc2O[C@H]3c2ccncc2)cc1. The van der Waals surface area contributed by atoms with Crippen molar-refractivity contribution in [3.63, 3.8) is 0 Å². The molecule has 5 nitrogen and oxygen atoms in total. The molecule has 5 rings (SSSR count). The molecule has 0 bridgehead atoms. The molecule has 27 heavy (non-hydrogen) atoms. The van der Waals surface area contributed by atoms with Gasteiger partial charge in [-0.15, -0.1) is 0 Å². The first kappa shape index (κ1) is 16.1. The van der Waals surface area contributed by atoms with Crippen molar-refractivity contribution in [1.82, 2.24) is 9.99 Å². The summed E-state index contributed by atoms with van der Waals surface area (Å²) in [7, 11) is 0. The zero-order valence-corrected chi connectivity index (χ0v) is 15.0. The fraction of sp³-hybridized carbons (Fsp3) is 0.143. The van der Waals surface area contributed by atoms with E-state index in [0.717, 1.165) is 34.6 Å². The van der Waals surface area contributed by atoms with Crippen LogP contribution in [0.2, 0.25) is 5.02 Å². The highest BCUT2D eigenvalue weighted by molar-refractivity contribution is 6.30. The van der Waals surface area contributed by atoms with Gasteiger partial charge < -0.3 is 9.84 Å². The molecule has 2 aliphatic heterocycles. The van der Waals surface area contributed by atoms with Gasteiger partial charge in [-0.2, -0.15) is 5.10 Å². The molecule has 0 radical (unpaired) electrons. The van der Waals surface area contributed by atoms with Crippen LogP contribution in [0, 0.1) is 0 Å². The fourth-order valence-corrected chi connectivity index (χ4v) is 3.82. The first-order valence-corrected chi connectivity index (χ1v) is 9.08. The molecule has 2 aromatic carbocycles. The number of aromatic nitrogens is 1. The van der Waals surface area contributed by atoms with Crippen LogP contribution in [0.4, 0.5) is 0 Å². The third kappa shape index (κ3) is 2.80. The van der Waals surface area contributed by atoms with E-state index in [1.54, 1.807) is 24.5 Å². The average molecular weight is 378 g/mol. The van der Waals surface area contributed by atoms with Crippen LogP contribution in [0.15, 0.2) is 72.1 Å². The highest BCUT2D eigenvalue weighted by atomic mass is 35.5. The maximum Gasteiger partial charge on any atom is 0.213 e. The normalized spacial score (nSPS) is 20.5. The molecule has 1 N–H and O–H groups in total. The first-order chi connectivity index (χ1) is 13.2. The minimum absolute atomic E-state index is 0.0365. The molecule has 0 fully saturated rings. The lowest BCUT2D eigenvalue weighted by Crippen LogP contribution is -2.33. The summed E-state index contributed by atoms with van der Waals surface area (Å²) in [5, 5.41) is 17.1. The maximum absolute atomic E-state index is 9.57. The fourth-order valence-electron chi connectivity index (χ4n) is 3.63. The summed E-state index contributed by atoms with van der Waals surface area (Å²) in [5.41, 5.74) is 3.96. The lowest BCUT2D eigenvalue weighted by molar-refractivity contribution is -0.0190. The summed E-state index contributed by atoms with van der Waals surface area (Å²) in [6.45, 7) is 0. The standard InChI is InChI=1S/C21H16ClN3O2/c22-15-3-6-20-17(11-15)19-12-18(13-1-4-16(26)5-2-13)24-25(19)21(27-20)14-7-9-23-10-8-14/h1-11,19,21,26H,12H2/t19-,21-/m0/s1. The van der Waals surface area contributed by atoms with E-state index in [4.69, 9.17) is 21.4 Å². The number of phenols is 1. The number of hydrogen-bond donors (Lipinski definition) is 1. The first-order valence-electron chi connectivity index (χ1n) is 8.70. The summed E-state index contributed by atoms with van der Waals surface area (Å²) in [4.78, 5) is 4.10. The lowest BCUT2D eigenvalue weighted by Gasteiger charge is -2.38. The van der Waals surface area contributed by atoms with E-state index < -0.39 is 0 Å². The summed E-state index contributed by atoms with van der Waals surface area (Å²) in [6.07, 6.45) is 3.92. The minimum Gasteiger partial charge on any atom is -0.508 e. The van der Waals surface area contributed by atoms with Gasteiger partial charge in [-0.1, -0.05) is 11.6 Å². The van der Waals surface area contributed by atoms with Gasteiger partial charge in [0.05, 0.1) is 11.8 Å². The third-order valence-electron chi connectivity index (χ3n) is 4.94. The van der Waals surface area contributed by atoms with E-state index >= 15 is 0 Å². The summed E-state index contributed by atoms with van der Waals surface area (Å²) in [6, 6.07) is 16.8. The van der Waals surface area contributed by atoms with E-state index in [-0.39, 0.29) is 18.0 Å². The Morgan fingerprint density at radius 3 is 2.59 bits per heavy atom. The Kier molecular flexibility index (Phi) is 3.76.